The Morgan fingerprint density at radius 1 is 1.41 bits per heavy atom. The van der Waals surface area contributed by atoms with Crippen LogP contribution in [0, 0.1) is 0 Å². The third-order valence-electron chi connectivity index (χ3n) is 3.90. The van der Waals surface area contributed by atoms with E-state index in [0.717, 1.165) is 28.9 Å². The van der Waals surface area contributed by atoms with Gasteiger partial charge in [0.25, 0.3) is 0 Å². The first kappa shape index (κ1) is 15.5. The summed E-state index contributed by atoms with van der Waals surface area (Å²) < 4.78 is 4.40. The maximum absolute atomic E-state index is 10.0. The van der Waals surface area contributed by atoms with E-state index in [2.05, 4.69) is 43.3 Å². The molecule has 3 rings (SSSR count). The SMILES string of the molecule is CCc1nc([C@@H]2C[C@@H](O)CN2Cc2nc(C(C)C)ns2)n[nH]1. The first-order valence-corrected chi connectivity index (χ1v) is 8.50. The van der Waals surface area contributed by atoms with Crippen molar-refractivity contribution in [1.82, 2.24) is 29.4 Å². The highest BCUT2D eigenvalue weighted by molar-refractivity contribution is 7.05. The number of likely N-dealkylation sites (tertiary alicyclic amines) is 1. The number of aliphatic hydroxyl groups is 1. The van der Waals surface area contributed by atoms with Crippen LogP contribution in [0.5, 0.6) is 0 Å². The number of aliphatic hydroxyl groups excluding tert-OH is 1. The van der Waals surface area contributed by atoms with E-state index < -0.39 is 0 Å². The van der Waals surface area contributed by atoms with Gasteiger partial charge < -0.3 is 5.11 Å². The Morgan fingerprint density at radius 3 is 2.86 bits per heavy atom. The zero-order chi connectivity index (χ0) is 15.7. The molecule has 3 heterocycles. The van der Waals surface area contributed by atoms with Crippen LogP contribution in [-0.4, -0.2) is 47.2 Å². The van der Waals surface area contributed by atoms with Crippen LogP contribution in [0.1, 0.15) is 61.6 Å². The number of aromatic nitrogens is 5. The molecule has 2 aromatic heterocycles. The van der Waals surface area contributed by atoms with E-state index in [9.17, 15) is 5.11 Å². The molecule has 22 heavy (non-hydrogen) atoms. The zero-order valence-electron chi connectivity index (χ0n) is 13.2. The van der Waals surface area contributed by atoms with Crippen LogP contribution < -0.4 is 0 Å². The molecule has 0 radical (unpaired) electrons. The second-order valence-electron chi connectivity index (χ2n) is 6.03. The van der Waals surface area contributed by atoms with E-state index >= 15 is 0 Å². The van der Waals surface area contributed by atoms with Crippen molar-refractivity contribution in [2.24, 2.45) is 0 Å². The summed E-state index contributed by atoms with van der Waals surface area (Å²) in [5.74, 6) is 2.88. The first-order chi connectivity index (χ1) is 10.6. The minimum absolute atomic E-state index is 0.0398. The molecule has 1 saturated heterocycles. The molecule has 1 fully saturated rings. The molecule has 120 valence electrons. The van der Waals surface area contributed by atoms with Gasteiger partial charge in [-0.1, -0.05) is 20.8 Å². The zero-order valence-corrected chi connectivity index (χ0v) is 14.0. The number of aromatic amines is 1. The van der Waals surface area contributed by atoms with E-state index in [1.165, 1.54) is 11.5 Å². The van der Waals surface area contributed by atoms with Crippen LogP contribution in [-0.2, 0) is 13.0 Å². The number of nitrogens with one attached hydrogen (secondary N) is 1. The van der Waals surface area contributed by atoms with E-state index in [1.807, 2.05) is 6.92 Å². The van der Waals surface area contributed by atoms with Crippen molar-refractivity contribution in [3.63, 3.8) is 0 Å². The third-order valence-corrected chi connectivity index (χ3v) is 4.61. The molecular weight excluding hydrogens is 300 g/mol. The Hall–Kier alpha value is -1.38. The largest absolute Gasteiger partial charge is 0.392 e. The van der Waals surface area contributed by atoms with Gasteiger partial charge in [-0.05, 0) is 18.0 Å². The molecule has 0 aromatic carbocycles. The molecule has 0 aliphatic carbocycles. The lowest BCUT2D eigenvalue weighted by Gasteiger charge is -2.20. The van der Waals surface area contributed by atoms with Gasteiger partial charge in [-0.15, -0.1) is 0 Å². The predicted molar refractivity (Wildman–Crippen MR) is 83.5 cm³/mol. The number of nitrogens with zero attached hydrogens (tertiary/aromatic N) is 5. The van der Waals surface area contributed by atoms with E-state index in [0.29, 0.717) is 25.4 Å². The van der Waals surface area contributed by atoms with Crippen LogP contribution >= 0.6 is 11.5 Å². The van der Waals surface area contributed by atoms with Crippen molar-refractivity contribution in [3.05, 3.63) is 22.5 Å². The predicted octanol–water partition coefficient (Wildman–Crippen LogP) is 1.65. The molecule has 2 aromatic rings. The highest BCUT2D eigenvalue weighted by atomic mass is 32.1. The first-order valence-electron chi connectivity index (χ1n) is 7.72. The van der Waals surface area contributed by atoms with Crippen LogP contribution in [0.2, 0.25) is 0 Å². The Morgan fingerprint density at radius 2 is 2.23 bits per heavy atom. The van der Waals surface area contributed by atoms with Gasteiger partial charge in [-0.25, -0.2) is 9.97 Å². The topological polar surface area (TPSA) is 90.8 Å². The Labute approximate surface area is 134 Å². The molecule has 0 bridgehead atoms. The summed E-state index contributed by atoms with van der Waals surface area (Å²) >= 11 is 1.44. The minimum Gasteiger partial charge on any atom is -0.392 e. The van der Waals surface area contributed by atoms with Gasteiger partial charge in [0.1, 0.15) is 16.7 Å². The van der Waals surface area contributed by atoms with Crippen molar-refractivity contribution in [2.75, 3.05) is 6.54 Å². The summed E-state index contributed by atoms with van der Waals surface area (Å²) in [6, 6.07) is 0.0398. The van der Waals surface area contributed by atoms with Gasteiger partial charge in [0.05, 0.1) is 18.7 Å². The lowest BCUT2D eigenvalue weighted by Crippen LogP contribution is -2.25. The maximum atomic E-state index is 10.0. The van der Waals surface area contributed by atoms with Crippen LogP contribution in [0.3, 0.4) is 0 Å². The van der Waals surface area contributed by atoms with Crippen LogP contribution in [0.4, 0.5) is 0 Å². The summed E-state index contributed by atoms with van der Waals surface area (Å²) in [5.41, 5.74) is 0. The number of β-amino-alcohol motifs (C(OH)–C–C–N with tert-alkyl or cyclic N) is 1. The molecule has 7 nitrogen and oxygen atoms in total. The summed E-state index contributed by atoms with van der Waals surface area (Å²) in [4.78, 5) is 11.3. The van der Waals surface area contributed by atoms with Gasteiger partial charge in [0.2, 0.25) is 0 Å². The average Bonchev–Trinajstić information content (AvgIpc) is 3.18. The maximum Gasteiger partial charge on any atom is 0.167 e. The smallest absolute Gasteiger partial charge is 0.167 e. The fourth-order valence-corrected chi connectivity index (χ4v) is 3.49. The number of hydrogen-bond acceptors (Lipinski definition) is 7. The Bertz CT molecular complexity index is 624. The molecular formula is C14H22N6OS. The van der Waals surface area contributed by atoms with E-state index in [1.54, 1.807) is 0 Å². The Balaban J connectivity index is 1.75. The molecule has 2 N–H and O–H groups in total. The highest BCUT2D eigenvalue weighted by Gasteiger charge is 2.35. The molecule has 0 unspecified atom stereocenters. The fraction of sp³-hybridized carbons (Fsp3) is 0.714. The molecule has 0 saturated carbocycles. The fourth-order valence-electron chi connectivity index (χ4n) is 2.68. The van der Waals surface area contributed by atoms with Crippen molar-refractivity contribution in [1.29, 1.82) is 0 Å². The molecule has 0 amide bonds. The normalized spacial score (nSPS) is 22.8. The Kier molecular flexibility index (Phi) is 4.51. The minimum atomic E-state index is -0.342. The summed E-state index contributed by atoms with van der Waals surface area (Å²) in [5, 5.41) is 18.3. The van der Waals surface area contributed by atoms with Crippen molar-refractivity contribution in [3.8, 4) is 0 Å². The molecule has 2 atom stereocenters. The van der Waals surface area contributed by atoms with Gasteiger partial charge in [0.15, 0.2) is 5.82 Å². The summed E-state index contributed by atoms with van der Waals surface area (Å²) in [7, 11) is 0. The lowest BCUT2D eigenvalue weighted by atomic mass is 10.2. The summed E-state index contributed by atoms with van der Waals surface area (Å²) in [6.07, 6.45) is 1.15. The quantitative estimate of drug-likeness (QED) is 0.870. The number of hydrogen-bond donors (Lipinski definition) is 2. The van der Waals surface area contributed by atoms with Gasteiger partial charge in [-0.3, -0.25) is 10.00 Å². The lowest BCUT2D eigenvalue weighted by molar-refractivity contribution is 0.172. The molecule has 1 aliphatic heterocycles. The van der Waals surface area contributed by atoms with Crippen LogP contribution in [0.15, 0.2) is 0 Å². The highest BCUT2D eigenvalue weighted by Crippen LogP contribution is 2.32. The van der Waals surface area contributed by atoms with Crippen molar-refractivity contribution >= 4 is 11.5 Å². The van der Waals surface area contributed by atoms with Crippen molar-refractivity contribution < 1.29 is 5.11 Å². The van der Waals surface area contributed by atoms with Crippen molar-refractivity contribution in [2.45, 2.75) is 58.2 Å². The second kappa shape index (κ2) is 6.39. The van der Waals surface area contributed by atoms with Gasteiger partial charge >= 0.3 is 0 Å². The molecule has 8 heteroatoms. The monoisotopic (exact) mass is 322 g/mol. The summed E-state index contributed by atoms with van der Waals surface area (Å²) in [6.45, 7) is 7.53. The number of rotatable bonds is 5. The standard InChI is InChI=1S/C14H22N6OS/c1-4-11-15-14(18-17-11)10-5-9(21)6-20(10)7-12-16-13(8(2)3)19-22-12/h8-10,21H,4-7H2,1-3H3,(H,15,17,18)/t9-,10+/m1/s1. The number of aryl methyl sites for hydroxylation is 1. The molecule has 1 aliphatic rings. The van der Waals surface area contributed by atoms with E-state index in [-0.39, 0.29) is 12.1 Å². The van der Waals surface area contributed by atoms with Crippen LogP contribution in [0.25, 0.3) is 0 Å². The molecule has 0 spiro atoms. The second-order valence-corrected chi connectivity index (χ2v) is 6.87. The number of H-pyrrole nitrogens is 1. The third kappa shape index (κ3) is 3.18. The average molecular weight is 322 g/mol. The van der Waals surface area contributed by atoms with Gasteiger partial charge in [0, 0.05) is 18.9 Å². The van der Waals surface area contributed by atoms with E-state index in [4.69, 9.17) is 0 Å². The van der Waals surface area contributed by atoms with Gasteiger partial charge in [-0.2, -0.15) is 9.47 Å².